The van der Waals surface area contributed by atoms with Crippen LogP contribution < -0.4 is 10.5 Å². The van der Waals surface area contributed by atoms with Gasteiger partial charge in [0, 0.05) is 11.6 Å². The SMILES string of the molecule is C=CCC[C@@H](N)c1ccccc1OCC.Cl. The maximum atomic E-state index is 6.08. The first-order valence-corrected chi connectivity index (χ1v) is 5.37. The number of ether oxygens (including phenoxy) is 1. The van der Waals surface area contributed by atoms with Crippen LogP contribution >= 0.6 is 12.4 Å². The molecule has 0 spiro atoms. The normalized spacial score (nSPS) is 11.4. The van der Waals surface area contributed by atoms with Crippen LogP contribution in [0.4, 0.5) is 0 Å². The minimum Gasteiger partial charge on any atom is -0.494 e. The Morgan fingerprint density at radius 2 is 2.12 bits per heavy atom. The van der Waals surface area contributed by atoms with E-state index >= 15 is 0 Å². The highest BCUT2D eigenvalue weighted by molar-refractivity contribution is 5.85. The molecule has 0 amide bonds. The first kappa shape index (κ1) is 15.0. The number of rotatable bonds is 6. The van der Waals surface area contributed by atoms with Crippen molar-refractivity contribution in [2.24, 2.45) is 5.73 Å². The third kappa shape index (κ3) is 4.25. The summed E-state index contributed by atoms with van der Waals surface area (Å²) in [5.74, 6) is 0.900. The van der Waals surface area contributed by atoms with Crippen molar-refractivity contribution in [1.29, 1.82) is 0 Å². The van der Waals surface area contributed by atoms with Crippen molar-refractivity contribution in [2.75, 3.05) is 6.61 Å². The van der Waals surface area contributed by atoms with E-state index in [0.717, 1.165) is 24.2 Å². The molecular weight excluding hydrogens is 222 g/mol. The third-order valence-electron chi connectivity index (χ3n) is 2.30. The van der Waals surface area contributed by atoms with Gasteiger partial charge in [-0.3, -0.25) is 0 Å². The Hall–Kier alpha value is -0.990. The van der Waals surface area contributed by atoms with Crippen molar-refractivity contribution in [2.45, 2.75) is 25.8 Å². The molecule has 3 heteroatoms. The summed E-state index contributed by atoms with van der Waals surface area (Å²) in [6, 6.07) is 7.98. The quantitative estimate of drug-likeness (QED) is 0.774. The molecule has 0 unspecified atom stereocenters. The summed E-state index contributed by atoms with van der Waals surface area (Å²) < 4.78 is 5.53. The van der Waals surface area contributed by atoms with E-state index < -0.39 is 0 Å². The van der Waals surface area contributed by atoms with Gasteiger partial charge in [-0.2, -0.15) is 0 Å². The van der Waals surface area contributed by atoms with Gasteiger partial charge in [0.25, 0.3) is 0 Å². The van der Waals surface area contributed by atoms with Gasteiger partial charge in [0.05, 0.1) is 6.61 Å². The van der Waals surface area contributed by atoms with Gasteiger partial charge in [-0.25, -0.2) is 0 Å². The zero-order valence-corrected chi connectivity index (χ0v) is 10.5. The lowest BCUT2D eigenvalue weighted by Gasteiger charge is -2.15. The van der Waals surface area contributed by atoms with Crippen molar-refractivity contribution in [1.82, 2.24) is 0 Å². The molecule has 1 rings (SSSR count). The van der Waals surface area contributed by atoms with Crippen LogP contribution in [0.15, 0.2) is 36.9 Å². The molecule has 90 valence electrons. The van der Waals surface area contributed by atoms with Crippen LogP contribution in [-0.2, 0) is 0 Å². The highest BCUT2D eigenvalue weighted by atomic mass is 35.5. The molecule has 1 aromatic carbocycles. The average Bonchev–Trinajstić information content (AvgIpc) is 2.27. The maximum Gasteiger partial charge on any atom is 0.124 e. The van der Waals surface area contributed by atoms with Crippen LogP contribution in [0.1, 0.15) is 31.4 Å². The second-order valence-electron chi connectivity index (χ2n) is 3.44. The summed E-state index contributed by atoms with van der Waals surface area (Å²) in [7, 11) is 0. The number of para-hydroxylation sites is 1. The highest BCUT2D eigenvalue weighted by Crippen LogP contribution is 2.26. The number of halogens is 1. The van der Waals surface area contributed by atoms with E-state index in [1.807, 2.05) is 37.3 Å². The minimum absolute atomic E-state index is 0. The monoisotopic (exact) mass is 241 g/mol. The van der Waals surface area contributed by atoms with Crippen molar-refractivity contribution in [3.63, 3.8) is 0 Å². The van der Waals surface area contributed by atoms with Gasteiger partial charge in [-0.05, 0) is 25.8 Å². The fourth-order valence-corrected chi connectivity index (χ4v) is 1.53. The van der Waals surface area contributed by atoms with Gasteiger partial charge < -0.3 is 10.5 Å². The summed E-state index contributed by atoms with van der Waals surface area (Å²) >= 11 is 0. The van der Waals surface area contributed by atoms with E-state index in [1.165, 1.54) is 0 Å². The van der Waals surface area contributed by atoms with Crippen LogP contribution in [-0.4, -0.2) is 6.61 Å². The Morgan fingerprint density at radius 3 is 2.75 bits per heavy atom. The Labute approximate surface area is 104 Å². The summed E-state index contributed by atoms with van der Waals surface area (Å²) in [4.78, 5) is 0. The zero-order chi connectivity index (χ0) is 11.1. The Bertz CT molecular complexity index is 315. The molecule has 2 N–H and O–H groups in total. The predicted molar refractivity (Wildman–Crippen MR) is 71.2 cm³/mol. The smallest absolute Gasteiger partial charge is 0.124 e. The van der Waals surface area contributed by atoms with Gasteiger partial charge in [0.2, 0.25) is 0 Å². The molecule has 0 saturated carbocycles. The molecule has 0 aliphatic rings. The largest absolute Gasteiger partial charge is 0.494 e. The van der Waals surface area contributed by atoms with Gasteiger partial charge in [0.1, 0.15) is 5.75 Å². The van der Waals surface area contributed by atoms with E-state index in [-0.39, 0.29) is 18.4 Å². The molecule has 1 atom stereocenters. The lowest BCUT2D eigenvalue weighted by atomic mass is 10.0. The summed E-state index contributed by atoms with van der Waals surface area (Å²) in [6.07, 6.45) is 3.73. The highest BCUT2D eigenvalue weighted by Gasteiger charge is 2.10. The first-order chi connectivity index (χ1) is 7.29. The summed E-state index contributed by atoms with van der Waals surface area (Å²) in [5, 5.41) is 0. The second kappa shape index (κ2) is 8.20. The zero-order valence-electron chi connectivity index (χ0n) is 9.69. The van der Waals surface area contributed by atoms with Crippen LogP contribution in [0.25, 0.3) is 0 Å². The molecule has 0 aliphatic heterocycles. The lowest BCUT2D eigenvalue weighted by molar-refractivity contribution is 0.333. The summed E-state index contributed by atoms with van der Waals surface area (Å²) in [6.45, 7) is 6.35. The van der Waals surface area contributed by atoms with Gasteiger partial charge >= 0.3 is 0 Å². The van der Waals surface area contributed by atoms with Crippen LogP contribution in [0.5, 0.6) is 5.75 Å². The molecule has 0 aliphatic carbocycles. The third-order valence-corrected chi connectivity index (χ3v) is 2.30. The van der Waals surface area contributed by atoms with E-state index in [4.69, 9.17) is 10.5 Å². The van der Waals surface area contributed by atoms with Gasteiger partial charge in [-0.1, -0.05) is 24.3 Å². The minimum atomic E-state index is 0. The van der Waals surface area contributed by atoms with Crippen molar-refractivity contribution < 1.29 is 4.74 Å². The second-order valence-corrected chi connectivity index (χ2v) is 3.44. The number of allylic oxidation sites excluding steroid dienone is 1. The molecule has 0 aromatic heterocycles. The molecule has 1 aromatic rings. The van der Waals surface area contributed by atoms with Crippen molar-refractivity contribution in [3.8, 4) is 5.75 Å². The molecule has 2 nitrogen and oxygen atoms in total. The Balaban J connectivity index is 0.00000225. The molecule has 16 heavy (non-hydrogen) atoms. The van der Waals surface area contributed by atoms with Gasteiger partial charge in [-0.15, -0.1) is 19.0 Å². The van der Waals surface area contributed by atoms with E-state index in [9.17, 15) is 0 Å². The van der Waals surface area contributed by atoms with E-state index in [2.05, 4.69) is 6.58 Å². The van der Waals surface area contributed by atoms with Crippen molar-refractivity contribution >= 4 is 12.4 Å². The fourth-order valence-electron chi connectivity index (χ4n) is 1.53. The molecule has 0 fully saturated rings. The first-order valence-electron chi connectivity index (χ1n) is 5.37. The summed E-state index contributed by atoms with van der Waals surface area (Å²) in [5.41, 5.74) is 7.17. The molecule has 0 bridgehead atoms. The Morgan fingerprint density at radius 1 is 1.44 bits per heavy atom. The van der Waals surface area contributed by atoms with Crippen LogP contribution in [0, 0.1) is 0 Å². The van der Waals surface area contributed by atoms with Crippen LogP contribution in [0.2, 0.25) is 0 Å². The Kier molecular flexibility index (Phi) is 7.69. The average molecular weight is 242 g/mol. The molecule has 0 saturated heterocycles. The predicted octanol–water partition coefficient (Wildman–Crippen LogP) is 3.47. The number of hydrogen-bond acceptors (Lipinski definition) is 2. The fraction of sp³-hybridized carbons (Fsp3) is 0.385. The van der Waals surface area contributed by atoms with E-state index in [1.54, 1.807) is 0 Å². The lowest BCUT2D eigenvalue weighted by Crippen LogP contribution is -2.11. The molecule has 0 heterocycles. The van der Waals surface area contributed by atoms with E-state index in [0.29, 0.717) is 6.61 Å². The molecular formula is C13H20ClNO. The standard InChI is InChI=1S/C13H19NO.ClH/c1-3-5-9-12(14)11-8-6-7-10-13(11)15-4-2;/h3,6-8,10,12H,1,4-5,9,14H2,2H3;1H/t12-;/m1./s1. The molecule has 0 radical (unpaired) electrons. The maximum absolute atomic E-state index is 6.08. The number of nitrogens with two attached hydrogens (primary N) is 1. The number of hydrogen-bond donors (Lipinski definition) is 1. The van der Waals surface area contributed by atoms with Gasteiger partial charge in [0.15, 0.2) is 0 Å². The van der Waals surface area contributed by atoms with Crippen molar-refractivity contribution in [3.05, 3.63) is 42.5 Å². The topological polar surface area (TPSA) is 35.2 Å². The number of benzene rings is 1. The van der Waals surface area contributed by atoms with Crippen LogP contribution in [0.3, 0.4) is 0 Å².